The molecule has 1 aromatic carbocycles. The van der Waals surface area contributed by atoms with E-state index in [1.807, 2.05) is 25.1 Å². The van der Waals surface area contributed by atoms with E-state index in [1.54, 1.807) is 0 Å². The molecule has 15 heavy (non-hydrogen) atoms. The van der Waals surface area contributed by atoms with Crippen molar-refractivity contribution in [1.82, 2.24) is 0 Å². The van der Waals surface area contributed by atoms with Crippen LogP contribution in [0.1, 0.15) is 31.9 Å². The van der Waals surface area contributed by atoms with Crippen molar-refractivity contribution < 1.29 is 5.11 Å². The van der Waals surface area contributed by atoms with Gasteiger partial charge in [0.2, 0.25) is 0 Å². The highest BCUT2D eigenvalue weighted by Gasteiger charge is 2.21. The molecule has 0 aromatic heterocycles. The third kappa shape index (κ3) is 2.15. The Morgan fingerprint density at radius 1 is 1.40 bits per heavy atom. The minimum atomic E-state index is -0.378. The maximum absolute atomic E-state index is 9.70. The standard InChI is InChI=1S/C13H19NO/c1-10-7-8-14(9-10)13-6-4-3-5-12(13)11(2)15/h3-6,10-11,15H,7-9H2,1-2H3/t10?,11-/m1/s1. The Hall–Kier alpha value is -1.02. The number of hydrogen-bond donors (Lipinski definition) is 1. The van der Waals surface area contributed by atoms with Gasteiger partial charge in [-0.05, 0) is 25.3 Å². The second-order valence-corrected chi connectivity index (χ2v) is 4.57. The highest BCUT2D eigenvalue weighted by Crippen LogP contribution is 2.30. The van der Waals surface area contributed by atoms with Crippen LogP contribution in [-0.2, 0) is 0 Å². The van der Waals surface area contributed by atoms with E-state index in [2.05, 4.69) is 17.9 Å². The number of rotatable bonds is 2. The first-order chi connectivity index (χ1) is 7.18. The first-order valence-electron chi connectivity index (χ1n) is 5.70. The van der Waals surface area contributed by atoms with Crippen LogP contribution in [0.5, 0.6) is 0 Å². The van der Waals surface area contributed by atoms with E-state index < -0.39 is 0 Å². The van der Waals surface area contributed by atoms with Gasteiger partial charge in [0.1, 0.15) is 0 Å². The van der Waals surface area contributed by atoms with Crippen molar-refractivity contribution in [2.45, 2.75) is 26.4 Å². The van der Waals surface area contributed by atoms with Gasteiger partial charge in [0.05, 0.1) is 6.10 Å². The first-order valence-corrected chi connectivity index (χ1v) is 5.70. The minimum absolute atomic E-state index is 0.378. The van der Waals surface area contributed by atoms with Gasteiger partial charge in [0, 0.05) is 24.3 Å². The SMILES string of the molecule is CC1CCN(c2ccccc2[C@@H](C)O)C1. The fraction of sp³-hybridized carbons (Fsp3) is 0.538. The summed E-state index contributed by atoms with van der Waals surface area (Å²) in [7, 11) is 0. The Bertz CT molecular complexity index is 335. The monoisotopic (exact) mass is 205 g/mol. The van der Waals surface area contributed by atoms with Gasteiger partial charge in [0.25, 0.3) is 0 Å². The lowest BCUT2D eigenvalue weighted by atomic mass is 10.1. The molecule has 1 aliphatic rings. The molecule has 2 atom stereocenters. The van der Waals surface area contributed by atoms with Crippen LogP contribution in [-0.4, -0.2) is 18.2 Å². The lowest BCUT2D eigenvalue weighted by Gasteiger charge is -2.22. The van der Waals surface area contributed by atoms with E-state index in [-0.39, 0.29) is 6.10 Å². The van der Waals surface area contributed by atoms with E-state index in [4.69, 9.17) is 0 Å². The minimum Gasteiger partial charge on any atom is -0.389 e. The zero-order chi connectivity index (χ0) is 10.8. The van der Waals surface area contributed by atoms with Gasteiger partial charge in [-0.2, -0.15) is 0 Å². The number of aliphatic hydroxyl groups is 1. The molecule has 82 valence electrons. The number of para-hydroxylation sites is 1. The predicted molar refractivity (Wildman–Crippen MR) is 63.1 cm³/mol. The molecule has 1 aromatic rings. The summed E-state index contributed by atoms with van der Waals surface area (Å²) in [5, 5.41) is 9.70. The Kier molecular flexibility index (Phi) is 2.96. The summed E-state index contributed by atoms with van der Waals surface area (Å²) in [5.74, 6) is 0.770. The van der Waals surface area contributed by atoms with Crippen molar-refractivity contribution in [1.29, 1.82) is 0 Å². The van der Waals surface area contributed by atoms with Crippen LogP contribution < -0.4 is 4.90 Å². The van der Waals surface area contributed by atoms with Gasteiger partial charge in [-0.15, -0.1) is 0 Å². The van der Waals surface area contributed by atoms with Crippen LogP contribution in [0.4, 0.5) is 5.69 Å². The number of anilines is 1. The van der Waals surface area contributed by atoms with Gasteiger partial charge >= 0.3 is 0 Å². The normalized spacial score (nSPS) is 23.1. The van der Waals surface area contributed by atoms with E-state index in [0.717, 1.165) is 24.6 Å². The number of aliphatic hydroxyl groups excluding tert-OH is 1. The van der Waals surface area contributed by atoms with Crippen LogP contribution >= 0.6 is 0 Å². The largest absolute Gasteiger partial charge is 0.389 e. The Morgan fingerprint density at radius 3 is 2.73 bits per heavy atom. The summed E-state index contributed by atoms with van der Waals surface area (Å²) in [5.41, 5.74) is 2.25. The summed E-state index contributed by atoms with van der Waals surface area (Å²) in [6, 6.07) is 8.17. The smallest absolute Gasteiger partial charge is 0.0781 e. The molecule has 0 saturated carbocycles. The maximum Gasteiger partial charge on any atom is 0.0781 e. The van der Waals surface area contributed by atoms with Gasteiger partial charge in [0.15, 0.2) is 0 Å². The molecule has 2 nitrogen and oxygen atoms in total. The van der Waals surface area contributed by atoms with Crippen molar-refractivity contribution in [3.05, 3.63) is 29.8 Å². The lowest BCUT2D eigenvalue weighted by molar-refractivity contribution is 0.199. The molecule has 0 radical (unpaired) electrons. The number of benzene rings is 1. The van der Waals surface area contributed by atoms with Gasteiger partial charge in [-0.1, -0.05) is 25.1 Å². The van der Waals surface area contributed by atoms with Crippen LogP contribution in [0.15, 0.2) is 24.3 Å². The van der Waals surface area contributed by atoms with Crippen molar-refractivity contribution in [2.24, 2.45) is 5.92 Å². The summed E-state index contributed by atoms with van der Waals surface area (Å²) >= 11 is 0. The van der Waals surface area contributed by atoms with Gasteiger partial charge in [-0.25, -0.2) is 0 Å². The molecule has 2 heteroatoms. The van der Waals surface area contributed by atoms with E-state index >= 15 is 0 Å². The second kappa shape index (κ2) is 4.23. The molecular formula is C13H19NO. The highest BCUT2D eigenvalue weighted by molar-refractivity contribution is 5.55. The van der Waals surface area contributed by atoms with Crippen molar-refractivity contribution >= 4 is 5.69 Å². The van der Waals surface area contributed by atoms with Gasteiger partial charge < -0.3 is 10.0 Å². The van der Waals surface area contributed by atoms with Gasteiger partial charge in [-0.3, -0.25) is 0 Å². The summed E-state index contributed by atoms with van der Waals surface area (Å²) < 4.78 is 0. The predicted octanol–water partition coefficient (Wildman–Crippen LogP) is 2.59. The quantitative estimate of drug-likeness (QED) is 0.802. The van der Waals surface area contributed by atoms with Crippen molar-refractivity contribution in [3.8, 4) is 0 Å². The Balaban J connectivity index is 2.27. The first kappa shape index (κ1) is 10.5. The average molecular weight is 205 g/mol. The average Bonchev–Trinajstić information content (AvgIpc) is 2.65. The maximum atomic E-state index is 9.70. The zero-order valence-corrected chi connectivity index (χ0v) is 9.48. The van der Waals surface area contributed by atoms with E-state index in [9.17, 15) is 5.11 Å². The molecule has 1 N–H and O–H groups in total. The molecule has 2 rings (SSSR count). The topological polar surface area (TPSA) is 23.5 Å². The molecule has 1 aliphatic heterocycles. The molecule has 0 spiro atoms. The summed E-state index contributed by atoms with van der Waals surface area (Å²) in [6.45, 7) is 6.35. The Labute approximate surface area is 91.5 Å². The van der Waals surface area contributed by atoms with E-state index in [0.29, 0.717) is 0 Å². The molecule has 1 saturated heterocycles. The third-order valence-corrected chi connectivity index (χ3v) is 3.15. The molecule has 1 heterocycles. The fourth-order valence-corrected chi connectivity index (χ4v) is 2.28. The van der Waals surface area contributed by atoms with Crippen LogP contribution in [0.2, 0.25) is 0 Å². The summed E-state index contributed by atoms with van der Waals surface area (Å²) in [4.78, 5) is 2.38. The molecule has 0 amide bonds. The fourth-order valence-electron chi connectivity index (χ4n) is 2.28. The Morgan fingerprint density at radius 2 is 2.13 bits per heavy atom. The number of hydrogen-bond acceptors (Lipinski definition) is 2. The van der Waals surface area contributed by atoms with Crippen molar-refractivity contribution in [3.63, 3.8) is 0 Å². The highest BCUT2D eigenvalue weighted by atomic mass is 16.3. The molecule has 0 bridgehead atoms. The molecule has 1 unspecified atom stereocenters. The van der Waals surface area contributed by atoms with E-state index in [1.165, 1.54) is 12.1 Å². The summed E-state index contributed by atoms with van der Waals surface area (Å²) in [6.07, 6.45) is 0.880. The second-order valence-electron chi connectivity index (χ2n) is 4.57. The molecule has 1 fully saturated rings. The number of nitrogens with zero attached hydrogens (tertiary/aromatic N) is 1. The third-order valence-electron chi connectivity index (χ3n) is 3.15. The molecular weight excluding hydrogens is 186 g/mol. The lowest BCUT2D eigenvalue weighted by Crippen LogP contribution is -2.20. The molecule has 0 aliphatic carbocycles. The van der Waals surface area contributed by atoms with Crippen LogP contribution in [0, 0.1) is 5.92 Å². The van der Waals surface area contributed by atoms with Crippen LogP contribution in [0.25, 0.3) is 0 Å². The van der Waals surface area contributed by atoms with Crippen LogP contribution in [0.3, 0.4) is 0 Å². The zero-order valence-electron chi connectivity index (χ0n) is 9.48. The van der Waals surface area contributed by atoms with Crippen molar-refractivity contribution in [2.75, 3.05) is 18.0 Å².